The number of carbonyl (C=O) groups is 1. The van der Waals surface area contributed by atoms with Crippen molar-refractivity contribution in [1.82, 2.24) is 5.32 Å². The van der Waals surface area contributed by atoms with Crippen molar-refractivity contribution in [3.8, 4) is 0 Å². The molecule has 1 atom stereocenters. The van der Waals surface area contributed by atoms with Crippen LogP contribution in [0.25, 0.3) is 0 Å². The number of nitrogens with one attached hydrogen (secondary N) is 2. The minimum absolute atomic E-state index is 0.0532. The van der Waals surface area contributed by atoms with Gasteiger partial charge in [-0.2, -0.15) is 0 Å². The number of anilines is 1. The minimum atomic E-state index is -0.209. The second-order valence-corrected chi connectivity index (χ2v) is 3.67. The molecule has 2 N–H and O–H groups in total. The van der Waals surface area contributed by atoms with Crippen molar-refractivity contribution in [3.05, 3.63) is 42.7 Å². The maximum Gasteiger partial charge on any atom is 0.241 e. The summed E-state index contributed by atoms with van der Waals surface area (Å²) in [6, 6.07) is 7.30. The molecule has 1 aromatic carbocycles. The van der Waals surface area contributed by atoms with Crippen LogP contribution in [0, 0.1) is 0 Å². The van der Waals surface area contributed by atoms with Gasteiger partial charge in [-0.25, -0.2) is 0 Å². The molecule has 92 valence electrons. The average Bonchev–Trinajstić information content (AvgIpc) is 2.37. The van der Waals surface area contributed by atoms with Crippen LogP contribution in [-0.4, -0.2) is 19.0 Å². The molecular weight excluding hydrogens is 216 g/mol. The van der Waals surface area contributed by atoms with Gasteiger partial charge < -0.3 is 15.4 Å². The predicted octanol–water partition coefficient (Wildman–Crippen LogP) is 1.89. The Labute approximate surface area is 102 Å². The number of hydrogen-bond donors (Lipinski definition) is 2. The van der Waals surface area contributed by atoms with Crippen LogP contribution in [0.2, 0.25) is 0 Å². The highest BCUT2D eigenvalue weighted by Crippen LogP contribution is 2.10. The quantitative estimate of drug-likeness (QED) is 0.739. The van der Waals surface area contributed by atoms with Gasteiger partial charge in [0.1, 0.15) is 6.61 Å². The fourth-order valence-corrected chi connectivity index (χ4v) is 1.22. The van der Waals surface area contributed by atoms with Crippen LogP contribution in [0.1, 0.15) is 12.5 Å². The van der Waals surface area contributed by atoms with E-state index in [4.69, 9.17) is 4.74 Å². The number of amides is 1. The van der Waals surface area contributed by atoms with Gasteiger partial charge in [0.05, 0.1) is 12.3 Å². The summed E-state index contributed by atoms with van der Waals surface area (Å²) in [6.07, 6.45) is 1.41. The van der Waals surface area contributed by atoms with E-state index in [1.54, 1.807) is 7.05 Å². The first-order chi connectivity index (χ1) is 8.17. The van der Waals surface area contributed by atoms with Crippen LogP contribution in [0.4, 0.5) is 5.69 Å². The number of hydrogen-bond acceptors (Lipinski definition) is 3. The second kappa shape index (κ2) is 6.70. The van der Waals surface area contributed by atoms with Crippen LogP contribution in [0.15, 0.2) is 37.1 Å². The lowest BCUT2D eigenvalue weighted by atomic mass is 10.2. The molecule has 0 saturated heterocycles. The number of rotatable bonds is 6. The molecule has 0 aliphatic rings. The highest BCUT2D eigenvalue weighted by Gasteiger charge is 2.09. The van der Waals surface area contributed by atoms with Gasteiger partial charge in [-0.3, -0.25) is 4.79 Å². The monoisotopic (exact) mass is 234 g/mol. The Balaban J connectivity index is 2.56. The van der Waals surface area contributed by atoms with Gasteiger partial charge in [-0.05, 0) is 31.7 Å². The van der Waals surface area contributed by atoms with Gasteiger partial charge in [0, 0.05) is 5.69 Å². The highest BCUT2D eigenvalue weighted by molar-refractivity contribution is 5.94. The van der Waals surface area contributed by atoms with E-state index in [-0.39, 0.29) is 11.9 Å². The van der Waals surface area contributed by atoms with Gasteiger partial charge in [0.15, 0.2) is 0 Å². The van der Waals surface area contributed by atoms with Crippen molar-refractivity contribution in [2.24, 2.45) is 0 Å². The summed E-state index contributed by atoms with van der Waals surface area (Å²) in [6.45, 7) is 5.77. The van der Waals surface area contributed by atoms with Gasteiger partial charge in [0.2, 0.25) is 5.91 Å². The van der Waals surface area contributed by atoms with Crippen molar-refractivity contribution in [1.29, 1.82) is 0 Å². The van der Waals surface area contributed by atoms with Gasteiger partial charge >= 0.3 is 0 Å². The summed E-state index contributed by atoms with van der Waals surface area (Å²) < 4.78 is 5.06. The molecule has 0 aromatic heterocycles. The Morgan fingerprint density at radius 2 is 2.12 bits per heavy atom. The largest absolute Gasteiger partial charge is 0.497 e. The van der Waals surface area contributed by atoms with Gasteiger partial charge in [0.25, 0.3) is 0 Å². The number of carbonyl (C=O) groups excluding carboxylic acids is 1. The maximum atomic E-state index is 11.6. The molecule has 0 radical (unpaired) electrons. The Hall–Kier alpha value is -1.81. The standard InChI is InChI=1S/C13H18N2O2/c1-4-17-9-11-5-7-12(8-6-11)15-13(16)10(2)14-3/h4-8,10,14H,1,9H2,2-3H3,(H,15,16). The summed E-state index contributed by atoms with van der Waals surface area (Å²) in [7, 11) is 1.75. The number of ether oxygens (including phenoxy) is 1. The molecule has 17 heavy (non-hydrogen) atoms. The molecule has 0 aliphatic carbocycles. The predicted molar refractivity (Wildman–Crippen MR) is 68.6 cm³/mol. The topological polar surface area (TPSA) is 50.4 Å². The first-order valence-electron chi connectivity index (χ1n) is 5.47. The van der Waals surface area contributed by atoms with E-state index in [0.29, 0.717) is 6.61 Å². The molecule has 0 heterocycles. The maximum absolute atomic E-state index is 11.6. The molecule has 0 bridgehead atoms. The van der Waals surface area contributed by atoms with Crippen molar-refractivity contribution >= 4 is 11.6 Å². The highest BCUT2D eigenvalue weighted by atomic mass is 16.5. The Kier molecular flexibility index (Phi) is 5.23. The van der Waals surface area contributed by atoms with E-state index in [9.17, 15) is 4.79 Å². The summed E-state index contributed by atoms with van der Waals surface area (Å²) in [5.41, 5.74) is 1.81. The van der Waals surface area contributed by atoms with E-state index < -0.39 is 0 Å². The molecule has 1 amide bonds. The van der Waals surface area contributed by atoms with E-state index in [1.165, 1.54) is 6.26 Å². The van der Waals surface area contributed by atoms with Crippen molar-refractivity contribution in [3.63, 3.8) is 0 Å². The molecular formula is C13H18N2O2. The Bertz CT molecular complexity index is 374. The molecule has 0 aliphatic heterocycles. The second-order valence-electron chi connectivity index (χ2n) is 3.67. The van der Waals surface area contributed by atoms with Crippen LogP contribution in [0.3, 0.4) is 0 Å². The molecule has 0 fully saturated rings. The van der Waals surface area contributed by atoms with E-state index >= 15 is 0 Å². The van der Waals surface area contributed by atoms with Crippen LogP contribution in [-0.2, 0) is 16.1 Å². The lowest BCUT2D eigenvalue weighted by Crippen LogP contribution is -2.35. The fourth-order valence-electron chi connectivity index (χ4n) is 1.22. The fraction of sp³-hybridized carbons (Fsp3) is 0.308. The molecule has 1 aromatic rings. The zero-order valence-corrected chi connectivity index (χ0v) is 10.2. The van der Waals surface area contributed by atoms with Crippen LogP contribution < -0.4 is 10.6 Å². The van der Waals surface area contributed by atoms with E-state index in [2.05, 4.69) is 17.2 Å². The van der Waals surface area contributed by atoms with Crippen LogP contribution in [0.5, 0.6) is 0 Å². The molecule has 4 heteroatoms. The van der Waals surface area contributed by atoms with Crippen LogP contribution >= 0.6 is 0 Å². The normalized spacial score (nSPS) is 11.6. The average molecular weight is 234 g/mol. The smallest absolute Gasteiger partial charge is 0.241 e. The molecule has 0 saturated carbocycles. The van der Waals surface area contributed by atoms with Crippen molar-refractivity contribution < 1.29 is 9.53 Å². The summed E-state index contributed by atoms with van der Waals surface area (Å²) in [5.74, 6) is -0.0532. The number of benzene rings is 1. The summed E-state index contributed by atoms with van der Waals surface area (Å²) >= 11 is 0. The summed E-state index contributed by atoms with van der Waals surface area (Å²) in [5, 5.41) is 5.69. The molecule has 0 spiro atoms. The first kappa shape index (κ1) is 13.3. The zero-order valence-electron chi connectivity index (χ0n) is 10.2. The molecule has 4 nitrogen and oxygen atoms in total. The van der Waals surface area contributed by atoms with Crippen molar-refractivity contribution in [2.45, 2.75) is 19.6 Å². The summed E-state index contributed by atoms with van der Waals surface area (Å²) in [4.78, 5) is 11.6. The minimum Gasteiger partial charge on any atom is -0.497 e. The SMILES string of the molecule is C=COCc1ccc(NC(=O)C(C)NC)cc1. The Morgan fingerprint density at radius 3 is 2.65 bits per heavy atom. The Morgan fingerprint density at radius 1 is 1.47 bits per heavy atom. The molecule has 1 rings (SSSR count). The zero-order chi connectivity index (χ0) is 12.7. The number of likely N-dealkylation sites (N-methyl/N-ethyl adjacent to an activating group) is 1. The van der Waals surface area contributed by atoms with E-state index in [0.717, 1.165) is 11.3 Å². The lowest BCUT2D eigenvalue weighted by molar-refractivity contribution is -0.117. The first-order valence-corrected chi connectivity index (χ1v) is 5.47. The third-order valence-corrected chi connectivity index (χ3v) is 2.42. The molecule has 1 unspecified atom stereocenters. The van der Waals surface area contributed by atoms with Crippen molar-refractivity contribution in [2.75, 3.05) is 12.4 Å². The van der Waals surface area contributed by atoms with E-state index in [1.807, 2.05) is 31.2 Å². The lowest BCUT2D eigenvalue weighted by Gasteiger charge is -2.11. The van der Waals surface area contributed by atoms with Gasteiger partial charge in [-0.1, -0.05) is 18.7 Å². The third kappa shape index (κ3) is 4.28. The third-order valence-electron chi connectivity index (χ3n) is 2.42. The van der Waals surface area contributed by atoms with Gasteiger partial charge in [-0.15, -0.1) is 0 Å².